The minimum atomic E-state index is -0.0266. The van der Waals surface area contributed by atoms with Gasteiger partial charge in [0.05, 0.1) is 25.2 Å². The predicted molar refractivity (Wildman–Crippen MR) is 110 cm³/mol. The highest BCUT2D eigenvalue weighted by Crippen LogP contribution is 2.17. The summed E-state index contributed by atoms with van der Waals surface area (Å²) in [6.45, 7) is 10.1. The lowest BCUT2D eigenvalue weighted by atomic mass is 9.97. The first-order valence-corrected chi connectivity index (χ1v) is 10.4. The van der Waals surface area contributed by atoms with E-state index in [4.69, 9.17) is 4.74 Å². The van der Waals surface area contributed by atoms with Crippen LogP contribution < -0.4 is 10.6 Å². The molecule has 0 spiro atoms. The van der Waals surface area contributed by atoms with Crippen LogP contribution >= 0.6 is 12.4 Å². The molecule has 2 rings (SSSR count). The van der Waals surface area contributed by atoms with Gasteiger partial charge in [-0.25, -0.2) is 0 Å². The van der Waals surface area contributed by atoms with Gasteiger partial charge in [0, 0.05) is 19.6 Å². The van der Waals surface area contributed by atoms with Crippen molar-refractivity contribution in [2.75, 3.05) is 32.8 Å². The number of rotatable bonds is 9. The fourth-order valence-electron chi connectivity index (χ4n) is 3.97. The van der Waals surface area contributed by atoms with E-state index in [2.05, 4.69) is 31.4 Å². The van der Waals surface area contributed by atoms with E-state index in [-0.39, 0.29) is 36.4 Å². The van der Waals surface area contributed by atoms with Crippen LogP contribution in [0.5, 0.6) is 0 Å². The maximum Gasteiger partial charge on any atom is 0.237 e. The Kier molecular flexibility index (Phi) is 11.3. The summed E-state index contributed by atoms with van der Waals surface area (Å²) < 4.78 is 5.77. The van der Waals surface area contributed by atoms with Crippen molar-refractivity contribution in [2.24, 2.45) is 11.8 Å². The molecule has 27 heavy (non-hydrogen) atoms. The zero-order valence-corrected chi connectivity index (χ0v) is 18.0. The topological polar surface area (TPSA) is 70.7 Å². The van der Waals surface area contributed by atoms with Gasteiger partial charge >= 0.3 is 0 Å². The first-order valence-electron chi connectivity index (χ1n) is 10.4. The van der Waals surface area contributed by atoms with Crippen molar-refractivity contribution in [1.82, 2.24) is 15.5 Å². The van der Waals surface area contributed by atoms with Crippen molar-refractivity contribution in [3.05, 3.63) is 0 Å². The van der Waals surface area contributed by atoms with Crippen molar-refractivity contribution >= 4 is 24.2 Å². The van der Waals surface area contributed by atoms with Gasteiger partial charge in [-0.2, -0.15) is 0 Å². The Bertz CT molecular complexity index is 456. The fraction of sp³-hybridized carbons (Fsp3) is 0.900. The summed E-state index contributed by atoms with van der Waals surface area (Å²) in [5, 5.41) is 6.29. The van der Waals surface area contributed by atoms with Crippen LogP contribution in [0.2, 0.25) is 0 Å². The lowest BCUT2D eigenvalue weighted by Crippen LogP contribution is -2.46. The molecular formula is C20H38ClN3O3. The zero-order chi connectivity index (χ0) is 18.9. The van der Waals surface area contributed by atoms with Crippen molar-refractivity contribution in [1.29, 1.82) is 0 Å². The van der Waals surface area contributed by atoms with Crippen LogP contribution in [-0.2, 0) is 14.3 Å². The van der Waals surface area contributed by atoms with Gasteiger partial charge in [-0.3, -0.25) is 9.59 Å². The van der Waals surface area contributed by atoms with Crippen LogP contribution in [0.4, 0.5) is 0 Å². The lowest BCUT2D eigenvalue weighted by molar-refractivity contribution is -0.134. The van der Waals surface area contributed by atoms with Crippen LogP contribution in [0.15, 0.2) is 0 Å². The molecule has 2 amide bonds. The molecule has 158 valence electrons. The Morgan fingerprint density at radius 3 is 2.67 bits per heavy atom. The fourth-order valence-corrected chi connectivity index (χ4v) is 3.97. The monoisotopic (exact) mass is 403 g/mol. The van der Waals surface area contributed by atoms with Gasteiger partial charge in [0.2, 0.25) is 11.8 Å². The molecule has 0 aromatic rings. The molecule has 0 aliphatic carbocycles. The number of hydrogen-bond donors (Lipinski definition) is 2. The van der Waals surface area contributed by atoms with Crippen molar-refractivity contribution in [3.8, 4) is 0 Å². The van der Waals surface area contributed by atoms with Gasteiger partial charge < -0.3 is 20.3 Å². The third-order valence-electron chi connectivity index (χ3n) is 5.34. The third kappa shape index (κ3) is 8.79. The second-order valence-corrected chi connectivity index (χ2v) is 8.30. The Morgan fingerprint density at radius 1 is 1.22 bits per heavy atom. The van der Waals surface area contributed by atoms with Gasteiger partial charge in [-0.1, -0.05) is 13.8 Å². The van der Waals surface area contributed by atoms with Gasteiger partial charge in [0.25, 0.3) is 0 Å². The lowest BCUT2D eigenvalue weighted by Gasteiger charge is -2.33. The summed E-state index contributed by atoms with van der Waals surface area (Å²) >= 11 is 0. The van der Waals surface area contributed by atoms with Gasteiger partial charge in [-0.15, -0.1) is 12.4 Å². The highest BCUT2D eigenvalue weighted by atomic mass is 35.5. The molecule has 7 heteroatoms. The smallest absolute Gasteiger partial charge is 0.237 e. The second-order valence-electron chi connectivity index (χ2n) is 8.30. The molecule has 2 aliphatic rings. The number of ether oxygens (including phenoxy) is 1. The average Bonchev–Trinajstić information content (AvgIpc) is 3.14. The van der Waals surface area contributed by atoms with Crippen LogP contribution in [0.3, 0.4) is 0 Å². The minimum absolute atomic E-state index is 0. The van der Waals surface area contributed by atoms with Crippen molar-refractivity contribution < 1.29 is 14.3 Å². The standard InChI is InChI=1S/C20H37N3O3.ClH/c1-15(2)12-16(3)26-11-8-19(24)23-10-5-6-17(14-23)13-22-20(25)18-7-4-9-21-18;/h15-18,21H,4-14H2,1-3H3,(H,22,25);1H. The molecule has 2 aliphatic heterocycles. The van der Waals surface area contributed by atoms with E-state index in [1.165, 1.54) is 0 Å². The van der Waals surface area contributed by atoms with Crippen LogP contribution in [0.1, 0.15) is 59.3 Å². The minimum Gasteiger partial charge on any atom is -0.378 e. The summed E-state index contributed by atoms with van der Waals surface area (Å²) in [6, 6.07) is -0.0266. The number of nitrogens with one attached hydrogen (secondary N) is 2. The normalized spacial score (nSPS) is 23.8. The van der Waals surface area contributed by atoms with E-state index in [1.807, 2.05) is 4.90 Å². The first-order chi connectivity index (χ1) is 12.5. The number of hydrogen-bond acceptors (Lipinski definition) is 4. The zero-order valence-electron chi connectivity index (χ0n) is 17.2. The predicted octanol–water partition coefficient (Wildman–Crippen LogP) is 2.36. The molecule has 0 radical (unpaired) electrons. The molecule has 0 aromatic heterocycles. The molecule has 2 fully saturated rings. The molecule has 2 N–H and O–H groups in total. The summed E-state index contributed by atoms with van der Waals surface area (Å²) in [7, 11) is 0. The summed E-state index contributed by atoms with van der Waals surface area (Å²) in [4.78, 5) is 26.5. The summed E-state index contributed by atoms with van der Waals surface area (Å²) in [6.07, 6.45) is 5.76. The quantitative estimate of drug-likeness (QED) is 0.620. The average molecular weight is 404 g/mol. The van der Waals surface area contributed by atoms with Crippen LogP contribution in [0.25, 0.3) is 0 Å². The van der Waals surface area contributed by atoms with Gasteiger partial charge in [0.15, 0.2) is 0 Å². The molecule has 0 aromatic carbocycles. The van der Waals surface area contributed by atoms with Crippen molar-refractivity contribution in [3.63, 3.8) is 0 Å². The SMILES string of the molecule is CC(C)CC(C)OCCC(=O)N1CCCC(CNC(=O)C2CCCN2)C1.Cl. The Morgan fingerprint density at radius 2 is 2.00 bits per heavy atom. The van der Waals surface area contributed by atoms with Crippen molar-refractivity contribution in [2.45, 2.75) is 71.4 Å². The number of carbonyl (C=O) groups excluding carboxylic acids is 2. The van der Waals surface area contributed by atoms with Gasteiger partial charge in [0.1, 0.15) is 0 Å². The first kappa shape index (κ1) is 24.2. The molecule has 3 atom stereocenters. The van der Waals surface area contributed by atoms with E-state index in [9.17, 15) is 9.59 Å². The number of likely N-dealkylation sites (tertiary alicyclic amines) is 1. The summed E-state index contributed by atoms with van der Waals surface area (Å²) in [5.41, 5.74) is 0. The Hall–Kier alpha value is -0.850. The van der Waals surface area contributed by atoms with E-state index < -0.39 is 0 Å². The van der Waals surface area contributed by atoms with E-state index in [1.54, 1.807) is 0 Å². The second kappa shape index (κ2) is 12.6. The number of nitrogens with zero attached hydrogens (tertiary/aromatic N) is 1. The van der Waals surface area contributed by atoms with Crippen LogP contribution in [-0.4, -0.2) is 61.6 Å². The molecule has 2 saturated heterocycles. The van der Waals surface area contributed by atoms with Crippen LogP contribution in [0, 0.1) is 11.8 Å². The van der Waals surface area contributed by atoms with E-state index in [0.717, 1.165) is 51.7 Å². The highest BCUT2D eigenvalue weighted by Gasteiger charge is 2.26. The number of carbonyl (C=O) groups is 2. The largest absolute Gasteiger partial charge is 0.378 e. The molecule has 0 saturated carbocycles. The molecular weight excluding hydrogens is 366 g/mol. The highest BCUT2D eigenvalue weighted by molar-refractivity contribution is 5.85. The molecule has 6 nitrogen and oxygen atoms in total. The Balaban J connectivity index is 0.00000364. The van der Waals surface area contributed by atoms with E-state index >= 15 is 0 Å². The van der Waals surface area contributed by atoms with E-state index in [0.29, 0.717) is 31.4 Å². The number of halogens is 1. The molecule has 3 unspecified atom stereocenters. The molecule has 0 bridgehead atoms. The maximum absolute atomic E-state index is 12.4. The third-order valence-corrected chi connectivity index (χ3v) is 5.34. The number of piperidine rings is 1. The maximum atomic E-state index is 12.4. The Labute approximate surface area is 170 Å². The summed E-state index contributed by atoms with van der Waals surface area (Å²) in [5.74, 6) is 1.26. The van der Waals surface area contributed by atoms with Gasteiger partial charge in [-0.05, 0) is 57.4 Å². The number of amides is 2. The molecule has 2 heterocycles.